The van der Waals surface area contributed by atoms with Crippen LogP contribution < -0.4 is 4.74 Å². The van der Waals surface area contributed by atoms with Gasteiger partial charge in [-0.3, -0.25) is 0 Å². The zero-order chi connectivity index (χ0) is 14.7. The minimum Gasteiger partial charge on any atom is -0.492 e. The van der Waals surface area contributed by atoms with Gasteiger partial charge in [-0.1, -0.05) is 26.3 Å². The summed E-state index contributed by atoms with van der Waals surface area (Å²) in [7, 11) is 0. The molecule has 0 saturated heterocycles. The number of aromatic nitrogens is 2. The van der Waals surface area contributed by atoms with E-state index in [9.17, 15) is 0 Å². The number of ether oxygens (including phenoxy) is 1. The molecule has 0 saturated carbocycles. The Labute approximate surface area is 125 Å². The maximum absolute atomic E-state index is 6.31. The third-order valence-electron chi connectivity index (χ3n) is 3.62. The fraction of sp³-hybridized carbons (Fsp3) is 0.562. The smallest absolute Gasteiger partial charge is 0.147 e. The number of alkyl halides is 1. The summed E-state index contributed by atoms with van der Waals surface area (Å²) in [5.74, 6) is 2.36. The van der Waals surface area contributed by atoms with Crippen molar-refractivity contribution in [2.75, 3.05) is 6.61 Å². The number of imidazole rings is 1. The minimum atomic E-state index is -0.110. The molecular formula is C16H23ClN2O. The molecule has 2 unspecified atom stereocenters. The summed E-state index contributed by atoms with van der Waals surface area (Å²) in [6.07, 6.45) is 1.14. The number of nitrogens with zero attached hydrogens (tertiary/aromatic N) is 2. The number of fused-ring (bicyclic) bond motifs is 1. The van der Waals surface area contributed by atoms with Crippen molar-refractivity contribution in [2.45, 2.75) is 46.0 Å². The second kappa shape index (κ2) is 6.49. The predicted molar refractivity (Wildman–Crippen MR) is 84.6 cm³/mol. The first kappa shape index (κ1) is 15.2. The fourth-order valence-electron chi connectivity index (χ4n) is 2.35. The van der Waals surface area contributed by atoms with E-state index >= 15 is 0 Å². The molecule has 1 aromatic heterocycles. The third kappa shape index (κ3) is 2.93. The topological polar surface area (TPSA) is 27.1 Å². The summed E-state index contributed by atoms with van der Waals surface area (Å²) in [4.78, 5) is 4.72. The van der Waals surface area contributed by atoms with Gasteiger partial charge in [0.1, 0.15) is 17.1 Å². The van der Waals surface area contributed by atoms with Gasteiger partial charge in [0.25, 0.3) is 0 Å². The first-order valence-electron chi connectivity index (χ1n) is 7.34. The average Bonchev–Trinajstić information content (AvgIpc) is 2.79. The van der Waals surface area contributed by atoms with Crippen LogP contribution in [0.25, 0.3) is 11.0 Å². The van der Waals surface area contributed by atoms with E-state index in [0.29, 0.717) is 12.5 Å². The quantitative estimate of drug-likeness (QED) is 0.717. The number of benzene rings is 1. The van der Waals surface area contributed by atoms with Gasteiger partial charge in [-0.25, -0.2) is 4.98 Å². The molecule has 0 aliphatic rings. The Morgan fingerprint density at radius 3 is 2.65 bits per heavy atom. The van der Waals surface area contributed by atoms with Crippen molar-refractivity contribution < 1.29 is 4.74 Å². The normalized spacial score (nSPS) is 14.4. The predicted octanol–water partition coefficient (Wildman–Crippen LogP) is 4.78. The monoisotopic (exact) mass is 294 g/mol. The van der Waals surface area contributed by atoms with Crippen LogP contribution in [0.4, 0.5) is 0 Å². The summed E-state index contributed by atoms with van der Waals surface area (Å²) in [5, 5.41) is -0.110. The van der Waals surface area contributed by atoms with Crippen molar-refractivity contribution in [3.8, 4) is 5.75 Å². The van der Waals surface area contributed by atoms with Crippen LogP contribution in [-0.2, 0) is 6.54 Å². The molecule has 110 valence electrons. The number of halogens is 1. The molecule has 1 aromatic carbocycles. The molecule has 0 spiro atoms. The van der Waals surface area contributed by atoms with E-state index in [1.807, 2.05) is 26.0 Å². The molecule has 2 rings (SSSR count). The highest BCUT2D eigenvalue weighted by atomic mass is 35.5. The lowest BCUT2D eigenvalue weighted by atomic mass is 10.1. The summed E-state index contributed by atoms with van der Waals surface area (Å²) >= 11 is 6.31. The van der Waals surface area contributed by atoms with Crippen LogP contribution in [0.2, 0.25) is 0 Å². The van der Waals surface area contributed by atoms with Crippen molar-refractivity contribution in [3.05, 3.63) is 24.0 Å². The van der Waals surface area contributed by atoms with Crippen LogP contribution in [0.1, 0.15) is 45.3 Å². The van der Waals surface area contributed by atoms with Gasteiger partial charge in [-0.05, 0) is 31.9 Å². The molecule has 4 heteroatoms. The summed E-state index contributed by atoms with van der Waals surface area (Å²) in [6.45, 7) is 9.99. The summed E-state index contributed by atoms with van der Waals surface area (Å²) in [6, 6.07) is 6.08. The molecule has 2 atom stereocenters. The average molecular weight is 295 g/mol. The standard InChI is InChI=1S/C16H23ClN2O/c1-5-11(3)10-19-13-8-7-9-14(20-6-2)15(13)18-16(19)12(4)17/h7-9,11-12H,5-6,10H2,1-4H3. The Morgan fingerprint density at radius 2 is 2.05 bits per heavy atom. The van der Waals surface area contributed by atoms with Crippen molar-refractivity contribution >= 4 is 22.6 Å². The maximum Gasteiger partial charge on any atom is 0.147 e. The lowest BCUT2D eigenvalue weighted by Gasteiger charge is -2.14. The lowest BCUT2D eigenvalue weighted by Crippen LogP contribution is -2.10. The van der Waals surface area contributed by atoms with Crippen LogP contribution in [0.3, 0.4) is 0 Å². The van der Waals surface area contributed by atoms with Crippen LogP contribution >= 0.6 is 11.6 Å². The van der Waals surface area contributed by atoms with Gasteiger partial charge in [-0.15, -0.1) is 11.6 Å². The van der Waals surface area contributed by atoms with Gasteiger partial charge in [0.15, 0.2) is 0 Å². The second-order valence-corrected chi connectivity index (χ2v) is 5.92. The molecule has 0 aliphatic heterocycles. The first-order valence-corrected chi connectivity index (χ1v) is 7.78. The number of rotatable bonds is 6. The molecular weight excluding hydrogens is 272 g/mol. The molecule has 0 aliphatic carbocycles. The van der Waals surface area contributed by atoms with Gasteiger partial charge in [0, 0.05) is 6.54 Å². The Bertz CT molecular complexity index is 577. The van der Waals surface area contributed by atoms with Gasteiger partial charge < -0.3 is 9.30 Å². The Balaban J connectivity index is 2.57. The first-order chi connectivity index (χ1) is 9.58. The zero-order valence-corrected chi connectivity index (χ0v) is 13.4. The number of hydrogen-bond acceptors (Lipinski definition) is 2. The molecule has 0 radical (unpaired) electrons. The Hall–Kier alpha value is -1.22. The highest BCUT2D eigenvalue weighted by Crippen LogP contribution is 2.31. The molecule has 20 heavy (non-hydrogen) atoms. The molecule has 0 N–H and O–H groups in total. The van der Waals surface area contributed by atoms with Crippen molar-refractivity contribution in [2.24, 2.45) is 5.92 Å². The molecule has 2 aromatic rings. The highest BCUT2D eigenvalue weighted by Gasteiger charge is 2.18. The van der Waals surface area contributed by atoms with E-state index in [0.717, 1.165) is 35.6 Å². The highest BCUT2D eigenvalue weighted by molar-refractivity contribution is 6.20. The van der Waals surface area contributed by atoms with Crippen LogP contribution in [0, 0.1) is 5.92 Å². The van der Waals surface area contributed by atoms with Crippen LogP contribution in [-0.4, -0.2) is 16.2 Å². The van der Waals surface area contributed by atoms with Gasteiger partial charge in [0.2, 0.25) is 0 Å². The summed E-state index contributed by atoms with van der Waals surface area (Å²) < 4.78 is 7.92. The number of hydrogen-bond donors (Lipinski definition) is 0. The van der Waals surface area contributed by atoms with E-state index in [1.165, 1.54) is 0 Å². The zero-order valence-electron chi connectivity index (χ0n) is 12.7. The maximum atomic E-state index is 6.31. The van der Waals surface area contributed by atoms with Crippen molar-refractivity contribution in [1.29, 1.82) is 0 Å². The second-order valence-electron chi connectivity index (χ2n) is 5.27. The van der Waals surface area contributed by atoms with Crippen LogP contribution in [0.15, 0.2) is 18.2 Å². The minimum absolute atomic E-state index is 0.110. The van der Waals surface area contributed by atoms with E-state index in [1.54, 1.807) is 0 Å². The van der Waals surface area contributed by atoms with E-state index in [-0.39, 0.29) is 5.38 Å². The van der Waals surface area contributed by atoms with Gasteiger partial charge >= 0.3 is 0 Å². The Morgan fingerprint density at radius 1 is 1.30 bits per heavy atom. The molecule has 1 heterocycles. The van der Waals surface area contributed by atoms with Gasteiger partial charge in [-0.2, -0.15) is 0 Å². The van der Waals surface area contributed by atoms with Gasteiger partial charge in [0.05, 0.1) is 17.5 Å². The Kier molecular flexibility index (Phi) is 4.92. The number of para-hydroxylation sites is 1. The fourth-order valence-corrected chi connectivity index (χ4v) is 2.51. The molecule has 0 amide bonds. The van der Waals surface area contributed by atoms with Crippen LogP contribution in [0.5, 0.6) is 5.75 Å². The summed E-state index contributed by atoms with van der Waals surface area (Å²) in [5.41, 5.74) is 2.03. The SMILES string of the molecule is CCOc1cccc2c1nc(C(C)Cl)n2CC(C)CC. The van der Waals surface area contributed by atoms with Crippen molar-refractivity contribution in [3.63, 3.8) is 0 Å². The van der Waals surface area contributed by atoms with E-state index in [2.05, 4.69) is 24.5 Å². The molecule has 0 bridgehead atoms. The van der Waals surface area contributed by atoms with E-state index in [4.69, 9.17) is 21.3 Å². The van der Waals surface area contributed by atoms with E-state index < -0.39 is 0 Å². The van der Waals surface area contributed by atoms with Crippen molar-refractivity contribution in [1.82, 2.24) is 9.55 Å². The molecule has 0 fully saturated rings. The largest absolute Gasteiger partial charge is 0.492 e. The molecule has 3 nitrogen and oxygen atoms in total. The lowest BCUT2D eigenvalue weighted by molar-refractivity contribution is 0.343. The third-order valence-corrected chi connectivity index (χ3v) is 3.81.